The van der Waals surface area contributed by atoms with Crippen molar-refractivity contribution in [3.8, 4) is 11.5 Å². The molecule has 1 aromatic rings. The molecule has 0 amide bonds. The van der Waals surface area contributed by atoms with Gasteiger partial charge in [-0.05, 0) is 37.6 Å². The smallest absolute Gasteiger partial charge is 0.161 e. The Morgan fingerprint density at radius 1 is 1.15 bits per heavy atom. The van der Waals surface area contributed by atoms with Crippen molar-refractivity contribution in [1.82, 2.24) is 4.90 Å². The van der Waals surface area contributed by atoms with Crippen LogP contribution in [0.15, 0.2) is 18.2 Å². The minimum atomic E-state index is 0.612. The molecule has 3 nitrogen and oxygen atoms in total. The van der Waals surface area contributed by atoms with Gasteiger partial charge in [0, 0.05) is 17.4 Å². The minimum Gasteiger partial charge on any atom is -0.493 e. The summed E-state index contributed by atoms with van der Waals surface area (Å²) < 4.78 is 10.7. The van der Waals surface area contributed by atoms with Crippen molar-refractivity contribution in [3.05, 3.63) is 23.8 Å². The maximum atomic E-state index is 5.37. The van der Waals surface area contributed by atoms with Gasteiger partial charge in [0.2, 0.25) is 0 Å². The zero-order valence-corrected chi connectivity index (χ0v) is 14.1. The summed E-state index contributed by atoms with van der Waals surface area (Å²) in [5.74, 6) is 1.59. The third kappa shape index (κ3) is 3.67. The Bertz CT molecular complexity index is 438. The first-order valence-electron chi connectivity index (χ1n) is 7.21. The Kier molecular flexibility index (Phi) is 5.73. The quantitative estimate of drug-likeness (QED) is 0.759. The van der Waals surface area contributed by atoms with E-state index in [0.29, 0.717) is 10.9 Å². The van der Waals surface area contributed by atoms with Crippen LogP contribution >= 0.6 is 15.9 Å². The highest BCUT2D eigenvalue weighted by atomic mass is 79.9. The second-order valence-corrected chi connectivity index (χ2v) is 6.65. The maximum absolute atomic E-state index is 5.37. The van der Waals surface area contributed by atoms with Crippen molar-refractivity contribution in [2.24, 2.45) is 0 Å². The predicted octanol–water partition coefficient (Wildman–Crippen LogP) is 3.84. The van der Waals surface area contributed by atoms with E-state index >= 15 is 0 Å². The summed E-state index contributed by atoms with van der Waals surface area (Å²) in [6.45, 7) is 0.938. The Morgan fingerprint density at radius 2 is 1.85 bits per heavy atom. The molecule has 0 bridgehead atoms. The third-order valence-electron chi connectivity index (χ3n) is 4.09. The van der Waals surface area contributed by atoms with Gasteiger partial charge in [0.1, 0.15) is 0 Å². The van der Waals surface area contributed by atoms with E-state index in [4.69, 9.17) is 9.47 Å². The molecule has 2 rings (SSSR count). The van der Waals surface area contributed by atoms with Gasteiger partial charge in [0.05, 0.1) is 14.2 Å². The van der Waals surface area contributed by atoms with Crippen molar-refractivity contribution in [2.75, 3.05) is 21.3 Å². The Hall–Kier alpha value is -0.740. The summed E-state index contributed by atoms with van der Waals surface area (Å²) >= 11 is 3.83. The molecule has 1 aliphatic carbocycles. The van der Waals surface area contributed by atoms with Gasteiger partial charge in [0.25, 0.3) is 0 Å². The molecule has 1 saturated carbocycles. The molecule has 1 aliphatic rings. The van der Waals surface area contributed by atoms with E-state index in [-0.39, 0.29) is 0 Å². The van der Waals surface area contributed by atoms with Gasteiger partial charge >= 0.3 is 0 Å². The summed E-state index contributed by atoms with van der Waals surface area (Å²) in [6, 6.07) is 6.79. The van der Waals surface area contributed by atoms with E-state index in [1.807, 2.05) is 6.07 Å². The highest BCUT2D eigenvalue weighted by molar-refractivity contribution is 9.09. The fraction of sp³-hybridized carbons (Fsp3) is 0.625. The van der Waals surface area contributed by atoms with Gasteiger partial charge in [-0.25, -0.2) is 0 Å². The van der Waals surface area contributed by atoms with Gasteiger partial charge in [-0.15, -0.1) is 0 Å². The van der Waals surface area contributed by atoms with Crippen LogP contribution < -0.4 is 9.47 Å². The number of hydrogen-bond acceptors (Lipinski definition) is 3. The lowest BCUT2D eigenvalue weighted by molar-refractivity contribution is 0.192. The molecule has 2 atom stereocenters. The summed E-state index contributed by atoms with van der Waals surface area (Å²) in [5.41, 5.74) is 1.26. The normalized spacial score (nSPS) is 22.9. The van der Waals surface area contributed by atoms with E-state index in [9.17, 15) is 0 Å². The first-order chi connectivity index (χ1) is 9.65. The highest BCUT2D eigenvalue weighted by Crippen LogP contribution is 2.31. The second-order valence-electron chi connectivity index (χ2n) is 5.47. The lowest BCUT2D eigenvalue weighted by Crippen LogP contribution is -2.40. The van der Waals surface area contributed by atoms with Crippen LogP contribution in [0.2, 0.25) is 0 Å². The molecule has 4 heteroatoms. The summed E-state index contributed by atoms with van der Waals surface area (Å²) in [6.07, 6.45) is 5.24. The van der Waals surface area contributed by atoms with E-state index in [0.717, 1.165) is 18.0 Å². The number of alkyl halides is 1. The topological polar surface area (TPSA) is 21.7 Å². The number of benzene rings is 1. The van der Waals surface area contributed by atoms with Crippen molar-refractivity contribution >= 4 is 15.9 Å². The monoisotopic (exact) mass is 341 g/mol. The van der Waals surface area contributed by atoms with Crippen LogP contribution in [-0.4, -0.2) is 37.0 Å². The summed E-state index contributed by atoms with van der Waals surface area (Å²) in [4.78, 5) is 3.06. The highest BCUT2D eigenvalue weighted by Gasteiger charge is 2.26. The average molecular weight is 342 g/mol. The van der Waals surface area contributed by atoms with Gasteiger partial charge in [-0.2, -0.15) is 0 Å². The second kappa shape index (κ2) is 7.32. The molecule has 0 spiro atoms. The molecule has 1 aromatic carbocycles. The van der Waals surface area contributed by atoms with Gasteiger partial charge in [-0.3, -0.25) is 4.90 Å². The van der Waals surface area contributed by atoms with Crippen LogP contribution in [0.1, 0.15) is 31.2 Å². The number of nitrogens with zero attached hydrogens (tertiary/aromatic N) is 1. The molecule has 0 aromatic heterocycles. The molecule has 1 fully saturated rings. The first kappa shape index (κ1) is 15.6. The first-order valence-corrected chi connectivity index (χ1v) is 8.12. The van der Waals surface area contributed by atoms with Gasteiger partial charge in [0.15, 0.2) is 11.5 Å². The zero-order chi connectivity index (χ0) is 14.5. The molecule has 0 radical (unpaired) electrons. The van der Waals surface area contributed by atoms with E-state index in [2.05, 4.69) is 40.0 Å². The fourth-order valence-electron chi connectivity index (χ4n) is 2.95. The largest absolute Gasteiger partial charge is 0.493 e. The van der Waals surface area contributed by atoms with Crippen molar-refractivity contribution < 1.29 is 9.47 Å². The maximum Gasteiger partial charge on any atom is 0.161 e. The van der Waals surface area contributed by atoms with Crippen molar-refractivity contribution in [2.45, 2.75) is 43.1 Å². The Morgan fingerprint density at radius 3 is 2.50 bits per heavy atom. The van der Waals surface area contributed by atoms with Crippen molar-refractivity contribution in [3.63, 3.8) is 0 Å². The fourth-order valence-corrected chi connectivity index (χ4v) is 3.94. The number of ether oxygens (including phenoxy) is 2. The lowest BCUT2D eigenvalue weighted by atomic mass is 9.94. The number of methoxy groups -OCH3 is 2. The molecule has 0 saturated heterocycles. The Labute approximate surface area is 130 Å². The molecule has 0 heterocycles. The number of rotatable bonds is 5. The average Bonchev–Trinajstić information content (AvgIpc) is 2.47. The third-order valence-corrected chi connectivity index (χ3v) is 5.16. The summed E-state index contributed by atoms with van der Waals surface area (Å²) in [5, 5.41) is 0. The molecule has 20 heavy (non-hydrogen) atoms. The van der Waals surface area contributed by atoms with Crippen LogP contribution in [0.3, 0.4) is 0 Å². The zero-order valence-electron chi connectivity index (χ0n) is 12.6. The molecule has 0 N–H and O–H groups in total. The van der Waals surface area contributed by atoms with Gasteiger partial charge < -0.3 is 9.47 Å². The van der Waals surface area contributed by atoms with Crippen molar-refractivity contribution in [1.29, 1.82) is 0 Å². The molecular formula is C16H24BrNO2. The van der Waals surface area contributed by atoms with E-state index in [1.54, 1.807) is 14.2 Å². The lowest BCUT2D eigenvalue weighted by Gasteiger charge is -2.35. The van der Waals surface area contributed by atoms with E-state index in [1.165, 1.54) is 31.2 Å². The standard InChI is InChI=1S/C16H24BrNO2/c1-18(14-7-5-4-6-13(14)17)11-12-8-9-15(19-2)16(10-12)20-3/h8-10,13-14H,4-7,11H2,1-3H3. The molecule has 112 valence electrons. The van der Waals surface area contributed by atoms with Crippen LogP contribution in [0.4, 0.5) is 0 Å². The summed E-state index contributed by atoms with van der Waals surface area (Å²) in [7, 11) is 5.56. The molecule has 2 unspecified atom stereocenters. The molecular weight excluding hydrogens is 318 g/mol. The number of hydrogen-bond donors (Lipinski definition) is 0. The minimum absolute atomic E-state index is 0.612. The predicted molar refractivity (Wildman–Crippen MR) is 86.0 cm³/mol. The van der Waals surface area contributed by atoms with Crippen LogP contribution in [0.5, 0.6) is 11.5 Å². The van der Waals surface area contributed by atoms with Crippen LogP contribution in [0.25, 0.3) is 0 Å². The van der Waals surface area contributed by atoms with E-state index < -0.39 is 0 Å². The SMILES string of the molecule is COc1ccc(CN(C)C2CCCCC2Br)cc1OC. The number of halogens is 1. The Balaban J connectivity index is 2.05. The van der Waals surface area contributed by atoms with Crippen LogP contribution in [-0.2, 0) is 6.54 Å². The van der Waals surface area contributed by atoms with Crippen LogP contribution in [0, 0.1) is 0 Å². The molecule has 0 aliphatic heterocycles. The van der Waals surface area contributed by atoms with Gasteiger partial charge in [-0.1, -0.05) is 34.8 Å².